The fraction of sp³-hybridized carbons (Fsp3) is 0.381. The summed E-state index contributed by atoms with van der Waals surface area (Å²) in [4.78, 5) is 14.5. The van der Waals surface area contributed by atoms with Crippen molar-refractivity contribution in [2.24, 2.45) is 0 Å². The van der Waals surface area contributed by atoms with Crippen molar-refractivity contribution in [3.63, 3.8) is 0 Å². The van der Waals surface area contributed by atoms with Gasteiger partial charge < -0.3 is 25.0 Å². The number of carbonyl (C=O) groups excluding carboxylic acids is 1. The Bertz CT molecular complexity index is 803. The molecule has 0 atom stereocenters. The highest BCUT2D eigenvalue weighted by atomic mass is 16.7. The minimum atomic E-state index is -0.0428. The summed E-state index contributed by atoms with van der Waals surface area (Å²) in [6.07, 6.45) is 0.381. The van der Waals surface area contributed by atoms with Gasteiger partial charge in [-0.05, 0) is 56.7 Å². The topological polar surface area (TPSA) is 62.8 Å². The molecule has 0 unspecified atom stereocenters. The molecule has 0 saturated carbocycles. The van der Waals surface area contributed by atoms with E-state index in [1.165, 1.54) is 11.3 Å². The van der Waals surface area contributed by atoms with Gasteiger partial charge in [0, 0.05) is 49.2 Å². The van der Waals surface area contributed by atoms with E-state index in [0.717, 1.165) is 18.8 Å². The molecule has 6 nitrogen and oxygen atoms in total. The number of hydrogen-bond acceptors (Lipinski definition) is 5. The van der Waals surface area contributed by atoms with E-state index in [2.05, 4.69) is 54.5 Å². The summed E-state index contributed by atoms with van der Waals surface area (Å²) in [5.74, 6) is 1.33. The zero-order valence-corrected chi connectivity index (χ0v) is 16.2. The van der Waals surface area contributed by atoms with Crippen LogP contribution in [0.15, 0.2) is 36.4 Å². The fourth-order valence-corrected chi connectivity index (χ4v) is 3.14. The summed E-state index contributed by atoms with van der Waals surface area (Å²) in [7, 11) is 0. The number of aryl methyl sites for hydroxylation is 1. The number of rotatable bonds is 8. The van der Waals surface area contributed by atoms with Crippen LogP contribution in [-0.4, -0.2) is 32.3 Å². The quantitative estimate of drug-likeness (QED) is 0.736. The molecule has 1 aliphatic rings. The average molecular weight is 369 g/mol. The van der Waals surface area contributed by atoms with E-state index >= 15 is 0 Å². The van der Waals surface area contributed by atoms with Gasteiger partial charge in [0.15, 0.2) is 11.5 Å². The molecule has 0 saturated heterocycles. The first kappa shape index (κ1) is 18.9. The van der Waals surface area contributed by atoms with Gasteiger partial charge in [0.25, 0.3) is 0 Å². The van der Waals surface area contributed by atoms with Crippen molar-refractivity contribution >= 4 is 23.0 Å². The lowest BCUT2D eigenvalue weighted by molar-refractivity contribution is -0.115. The van der Waals surface area contributed by atoms with Gasteiger partial charge in [-0.15, -0.1) is 0 Å². The molecule has 144 valence electrons. The Balaban J connectivity index is 1.50. The molecule has 0 bridgehead atoms. The SMILES string of the molecule is CCN(CC)c1ccc(NCCC(=O)Nc2ccc3c(c2)OCO3)c(C)c1. The highest BCUT2D eigenvalue weighted by Crippen LogP contribution is 2.34. The predicted molar refractivity (Wildman–Crippen MR) is 109 cm³/mol. The third-order valence-corrected chi connectivity index (χ3v) is 4.66. The Morgan fingerprint density at radius 2 is 1.85 bits per heavy atom. The summed E-state index contributed by atoms with van der Waals surface area (Å²) >= 11 is 0. The van der Waals surface area contributed by atoms with E-state index in [-0.39, 0.29) is 12.7 Å². The number of carbonyl (C=O) groups is 1. The molecule has 0 spiro atoms. The van der Waals surface area contributed by atoms with E-state index in [1.807, 2.05) is 6.07 Å². The molecule has 0 aromatic heterocycles. The number of amides is 1. The Morgan fingerprint density at radius 1 is 1.07 bits per heavy atom. The first-order valence-corrected chi connectivity index (χ1v) is 9.39. The van der Waals surface area contributed by atoms with E-state index in [9.17, 15) is 4.79 Å². The van der Waals surface area contributed by atoms with Gasteiger partial charge in [0.1, 0.15) is 0 Å². The van der Waals surface area contributed by atoms with Crippen LogP contribution in [0.1, 0.15) is 25.8 Å². The third-order valence-electron chi connectivity index (χ3n) is 4.66. The summed E-state index contributed by atoms with van der Waals surface area (Å²) in [6.45, 7) is 9.17. The normalized spacial score (nSPS) is 12.0. The summed E-state index contributed by atoms with van der Waals surface area (Å²) in [5.41, 5.74) is 4.17. The van der Waals surface area contributed by atoms with E-state index in [1.54, 1.807) is 12.1 Å². The second-order valence-corrected chi connectivity index (χ2v) is 6.46. The van der Waals surface area contributed by atoms with Crippen LogP contribution in [0, 0.1) is 6.92 Å². The molecule has 2 aromatic carbocycles. The molecule has 1 amide bonds. The molecule has 27 heavy (non-hydrogen) atoms. The van der Waals surface area contributed by atoms with Crippen LogP contribution in [0.2, 0.25) is 0 Å². The first-order valence-electron chi connectivity index (χ1n) is 9.39. The molecular formula is C21H27N3O3. The first-order chi connectivity index (χ1) is 13.1. The maximum absolute atomic E-state index is 12.2. The molecule has 1 heterocycles. The van der Waals surface area contributed by atoms with E-state index < -0.39 is 0 Å². The van der Waals surface area contributed by atoms with Crippen molar-refractivity contribution < 1.29 is 14.3 Å². The molecule has 2 aromatic rings. The van der Waals surface area contributed by atoms with Gasteiger partial charge >= 0.3 is 0 Å². The Morgan fingerprint density at radius 3 is 2.59 bits per heavy atom. The lowest BCUT2D eigenvalue weighted by Crippen LogP contribution is -2.22. The predicted octanol–water partition coefficient (Wildman–Crippen LogP) is 4.01. The highest BCUT2D eigenvalue weighted by Gasteiger charge is 2.14. The molecule has 0 aliphatic carbocycles. The Hall–Kier alpha value is -2.89. The zero-order chi connectivity index (χ0) is 19.2. The van der Waals surface area contributed by atoms with Gasteiger partial charge in [-0.25, -0.2) is 0 Å². The average Bonchev–Trinajstić information content (AvgIpc) is 3.12. The van der Waals surface area contributed by atoms with Crippen molar-refractivity contribution in [3.8, 4) is 11.5 Å². The second-order valence-electron chi connectivity index (χ2n) is 6.46. The number of benzene rings is 2. The second kappa shape index (κ2) is 8.66. The molecule has 0 radical (unpaired) electrons. The molecule has 1 aliphatic heterocycles. The minimum Gasteiger partial charge on any atom is -0.454 e. The van der Waals surface area contributed by atoms with Crippen molar-refractivity contribution in [2.75, 3.05) is 42.0 Å². The largest absolute Gasteiger partial charge is 0.454 e. The Labute approximate surface area is 160 Å². The Kier molecular flexibility index (Phi) is 6.06. The smallest absolute Gasteiger partial charge is 0.231 e. The highest BCUT2D eigenvalue weighted by molar-refractivity contribution is 5.91. The van der Waals surface area contributed by atoms with Crippen LogP contribution in [0.25, 0.3) is 0 Å². The van der Waals surface area contributed by atoms with Gasteiger partial charge in [0.05, 0.1) is 0 Å². The number of nitrogens with one attached hydrogen (secondary N) is 2. The van der Waals surface area contributed by atoms with Crippen LogP contribution in [0.4, 0.5) is 17.1 Å². The monoisotopic (exact) mass is 369 g/mol. The lowest BCUT2D eigenvalue weighted by Gasteiger charge is -2.22. The number of hydrogen-bond donors (Lipinski definition) is 2. The maximum Gasteiger partial charge on any atom is 0.231 e. The zero-order valence-electron chi connectivity index (χ0n) is 16.2. The summed E-state index contributed by atoms with van der Waals surface area (Å²) in [6, 6.07) is 11.8. The van der Waals surface area contributed by atoms with E-state index in [4.69, 9.17) is 9.47 Å². The number of anilines is 3. The van der Waals surface area contributed by atoms with E-state index in [0.29, 0.717) is 30.2 Å². The fourth-order valence-electron chi connectivity index (χ4n) is 3.14. The summed E-state index contributed by atoms with van der Waals surface area (Å²) in [5, 5.41) is 6.24. The molecule has 2 N–H and O–H groups in total. The minimum absolute atomic E-state index is 0.0428. The van der Waals surface area contributed by atoms with Crippen molar-refractivity contribution in [1.29, 1.82) is 0 Å². The van der Waals surface area contributed by atoms with Gasteiger partial charge in [0.2, 0.25) is 12.7 Å². The standard InChI is InChI=1S/C21H27N3O3/c1-4-24(5-2)17-7-8-18(15(3)12-17)22-11-10-21(25)23-16-6-9-19-20(13-16)27-14-26-19/h6-9,12-13,22H,4-5,10-11,14H2,1-3H3,(H,23,25). The maximum atomic E-state index is 12.2. The van der Waals surface area contributed by atoms with Crippen molar-refractivity contribution in [2.45, 2.75) is 27.2 Å². The van der Waals surface area contributed by atoms with Gasteiger partial charge in [-0.2, -0.15) is 0 Å². The van der Waals surface area contributed by atoms with Crippen LogP contribution in [0.3, 0.4) is 0 Å². The van der Waals surface area contributed by atoms with Gasteiger partial charge in [-0.1, -0.05) is 0 Å². The molecular weight excluding hydrogens is 342 g/mol. The van der Waals surface area contributed by atoms with Crippen molar-refractivity contribution in [3.05, 3.63) is 42.0 Å². The number of nitrogens with zero attached hydrogens (tertiary/aromatic N) is 1. The molecule has 6 heteroatoms. The number of ether oxygens (including phenoxy) is 2. The lowest BCUT2D eigenvalue weighted by atomic mass is 10.1. The summed E-state index contributed by atoms with van der Waals surface area (Å²) < 4.78 is 10.6. The van der Waals surface area contributed by atoms with Gasteiger partial charge in [-0.3, -0.25) is 4.79 Å². The van der Waals surface area contributed by atoms with Crippen LogP contribution >= 0.6 is 0 Å². The molecule has 0 fully saturated rings. The third kappa shape index (κ3) is 4.64. The van der Waals surface area contributed by atoms with Crippen LogP contribution in [0.5, 0.6) is 11.5 Å². The van der Waals surface area contributed by atoms with Crippen LogP contribution < -0.4 is 25.0 Å². The molecule has 3 rings (SSSR count). The van der Waals surface area contributed by atoms with Crippen molar-refractivity contribution in [1.82, 2.24) is 0 Å². The number of fused-ring (bicyclic) bond motifs is 1. The van der Waals surface area contributed by atoms with Crippen LogP contribution in [-0.2, 0) is 4.79 Å².